The fourth-order valence-corrected chi connectivity index (χ4v) is 4.98. The molecule has 0 aromatic carbocycles. The molecule has 0 aliphatic heterocycles. The Labute approximate surface area is 114 Å². The molecule has 1 saturated carbocycles. The van der Waals surface area contributed by atoms with E-state index in [9.17, 15) is 0 Å². The van der Waals surface area contributed by atoms with Crippen LogP contribution in [0, 0.1) is 5.92 Å². The van der Waals surface area contributed by atoms with E-state index in [4.69, 9.17) is 13.3 Å². The molecular weight excluding hydrogens is 244 g/mol. The summed E-state index contributed by atoms with van der Waals surface area (Å²) in [6, 6.07) is 0. The van der Waals surface area contributed by atoms with Gasteiger partial charge in [-0.15, -0.1) is 0 Å². The van der Waals surface area contributed by atoms with Crippen molar-refractivity contribution in [1.29, 1.82) is 0 Å². The van der Waals surface area contributed by atoms with E-state index in [-0.39, 0.29) is 6.10 Å². The van der Waals surface area contributed by atoms with Crippen molar-refractivity contribution < 1.29 is 13.3 Å². The van der Waals surface area contributed by atoms with E-state index >= 15 is 0 Å². The Kier molecular flexibility index (Phi) is 7.45. The smallest absolute Gasteiger partial charge is 0.374 e. The zero-order chi connectivity index (χ0) is 13.4. The van der Waals surface area contributed by atoms with Crippen LogP contribution in [0.1, 0.15) is 59.3 Å². The topological polar surface area (TPSA) is 27.7 Å². The number of hydrogen-bond acceptors (Lipinski definition) is 3. The molecule has 108 valence electrons. The third-order valence-corrected chi connectivity index (χ3v) is 6.20. The Morgan fingerprint density at radius 2 is 1.50 bits per heavy atom. The largest absolute Gasteiger partial charge is 0.497 e. The fourth-order valence-electron chi connectivity index (χ4n) is 2.85. The zero-order valence-electron chi connectivity index (χ0n) is 12.5. The van der Waals surface area contributed by atoms with Crippen LogP contribution < -0.4 is 0 Å². The monoisotopic (exact) mass is 274 g/mol. The summed E-state index contributed by atoms with van der Waals surface area (Å²) < 4.78 is 17.7. The molecule has 18 heavy (non-hydrogen) atoms. The van der Waals surface area contributed by atoms with Crippen LogP contribution in [0.25, 0.3) is 0 Å². The van der Waals surface area contributed by atoms with Crippen molar-refractivity contribution in [2.45, 2.75) is 71.9 Å². The standard InChI is InChI=1S/C14H30O3Si/c1-5-15-18(4,16-6-2)17-13(3)14-11-9-7-8-10-12-14/h13-14H,5-12H2,1-4H3. The first-order chi connectivity index (χ1) is 8.61. The Balaban J connectivity index is 2.50. The molecule has 0 spiro atoms. The van der Waals surface area contributed by atoms with Gasteiger partial charge in [-0.05, 0) is 39.5 Å². The van der Waals surface area contributed by atoms with Crippen LogP contribution >= 0.6 is 0 Å². The van der Waals surface area contributed by atoms with E-state index < -0.39 is 8.80 Å². The molecule has 1 unspecified atom stereocenters. The molecule has 1 rings (SSSR count). The summed E-state index contributed by atoms with van der Waals surface area (Å²) >= 11 is 0. The highest BCUT2D eigenvalue weighted by atomic mass is 28.4. The molecule has 1 aliphatic rings. The van der Waals surface area contributed by atoms with Gasteiger partial charge < -0.3 is 13.3 Å². The van der Waals surface area contributed by atoms with Gasteiger partial charge in [-0.1, -0.05) is 25.7 Å². The molecule has 1 fully saturated rings. The van der Waals surface area contributed by atoms with Crippen molar-refractivity contribution in [2.75, 3.05) is 13.2 Å². The van der Waals surface area contributed by atoms with Crippen molar-refractivity contribution in [3.05, 3.63) is 0 Å². The van der Waals surface area contributed by atoms with Gasteiger partial charge in [-0.3, -0.25) is 0 Å². The summed E-state index contributed by atoms with van der Waals surface area (Å²) in [5, 5.41) is 0. The minimum atomic E-state index is -2.41. The van der Waals surface area contributed by atoms with Crippen molar-refractivity contribution >= 4 is 8.80 Å². The van der Waals surface area contributed by atoms with Crippen LogP contribution in [0.3, 0.4) is 0 Å². The SMILES string of the molecule is CCO[Si](C)(OCC)OC(C)C1CCCCCC1. The van der Waals surface area contributed by atoms with Crippen LogP contribution in [0.5, 0.6) is 0 Å². The van der Waals surface area contributed by atoms with Gasteiger partial charge in [0.1, 0.15) is 0 Å². The van der Waals surface area contributed by atoms with Crippen molar-refractivity contribution in [3.63, 3.8) is 0 Å². The fraction of sp³-hybridized carbons (Fsp3) is 1.00. The summed E-state index contributed by atoms with van der Waals surface area (Å²) in [7, 11) is -2.41. The van der Waals surface area contributed by atoms with Crippen LogP contribution in [0.15, 0.2) is 0 Å². The highest BCUT2D eigenvalue weighted by Gasteiger charge is 2.37. The Bertz CT molecular complexity index is 209. The zero-order valence-corrected chi connectivity index (χ0v) is 13.5. The molecule has 0 bridgehead atoms. The van der Waals surface area contributed by atoms with Gasteiger partial charge in [0.2, 0.25) is 0 Å². The molecule has 3 nitrogen and oxygen atoms in total. The average Bonchev–Trinajstić information content (AvgIpc) is 2.57. The molecular formula is C14H30O3Si. The van der Waals surface area contributed by atoms with Gasteiger partial charge >= 0.3 is 8.80 Å². The lowest BCUT2D eigenvalue weighted by atomic mass is 9.95. The molecule has 0 aromatic rings. The first-order valence-electron chi connectivity index (χ1n) is 7.57. The predicted octanol–water partition coefficient (Wildman–Crippen LogP) is 4.00. The van der Waals surface area contributed by atoms with Gasteiger partial charge in [-0.2, -0.15) is 0 Å². The normalized spacial score (nSPS) is 20.7. The van der Waals surface area contributed by atoms with Crippen molar-refractivity contribution in [2.24, 2.45) is 5.92 Å². The second kappa shape index (κ2) is 8.30. The summed E-state index contributed by atoms with van der Waals surface area (Å²) in [6.45, 7) is 9.56. The van der Waals surface area contributed by atoms with Gasteiger partial charge in [-0.25, -0.2) is 0 Å². The molecule has 4 heteroatoms. The average molecular weight is 274 g/mol. The maximum Gasteiger partial charge on any atom is 0.497 e. The lowest BCUT2D eigenvalue weighted by Gasteiger charge is -2.32. The Hall–Kier alpha value is 0.0969. The van der Waals surface area contributed by atoms with Crippen molar-refractivity contribution in [3.8, 4) is 0 Å². The van der Waals surface area contributed by atoms with E-state index in [0.717, 1.165) is 0 Å². The molecule has 0 N–H and O–H groups in total. The van der Waals surface area contributed by atoms with E-state index in [1.807, 2.05) is 20.4 Å². The molecule has 0 heterocycles. The lowest BCUT2D eigenvalue weighted by molar-refractivity contribution is 0.0189. The molecule has 0 aromatic heterocycles. The Morgan fingerprint density at radius 3 is 1.94 bits per heavy atom. The number of hydrogen-bond donors (Lipinski definition) is 0. The summed E-state index contributed by atoms with van der Waals surface area (Å²) in [5.74, 6) is 0.681. The summed E-state index contributed by atoms with van der Waals surface area (Å²) in [6.07, 6.45) is 8.31. The minimum absolute atomic E-state index is 0.262. The number of rotatable bonds is 7. The summed E-state index contributed by atoms with van der Waals surface area (Å²) in [5.41, 5.74) is 0. The second-order valence-corrected chi connectivity index (χ2v) is 7.84. The molecule has 0 radical (unpaired) electrons. The first kappa shape index (κ1) is 16.2. The third kappa shape index (κ3) is 5.39. The van der Waals surface area contributed by atoms with Gasteiger partial charge in [0, 0.05) is 25.9 Å². The highest BCUT2D eigenvalue weighted by molar-refractivity contribution is 6.59. The first-order valence-corrected chi connectivity index (χ1v) is 9.79. The second-order valence-electron chi connectivity index (χ2n) is 5.30. The van der Waals surface area contributed by atoms with Gasteiger partial charge in [0.25, 0.3) is 0 Å². The maximum atomic E-state index is 6.21. The predicted molar refractivity (Wildman–Crippen MR) is 76.6 cm³/mol. The lowest BCUT2D eigenvalue weighted by Crippen LogP contribution is -2.46. The van der Waals surface area contributed by atoms with Crippen LogP contribution in [-0.4, -0.2) is 28.1 Å². The maximum absolute atomic E-state index is 6.21. The van der Waals surface area contributed by atoms with E-state index in [1.165, 1.54) is 38.5 Å². The van der Waals surface area contributed by atoms with E-state index in [0.29, 0.717) is 19.1 Å². The molecule has 1 atom stereocenters. The van der Waals surface area contributed by atoms with Crippen LogP contribution in [-0.2, 0) is 13.3 Å². The molecule has 1 aliphatic carbocycles. The highest BCUT2D eigenvalue weighted by Crippen LogP contribution is 2.28. The minimum Gasteiger partial charge on any atom is -0.374 e. The van der Waals surface area contributed by atoms with E-state index in [1.54, 1.807) is 0 Å². The Morgan fingerprint density at radius 1 is 1.00 bits per heavy atom. The van der Waals surface area contributed by atoms with Crippen LogP contribution in [0.2, 0.25) is 6.55 Å². The van der Waals surface area contributed by atoms with Gasteiger partial charge in [0.05, 0.1) is 0 Å². The molecule has 0 amide bonds. The van der Waals surface area contributed by atoms with Crippen LogP contribution in [0.4, 0.5) is 0 Å². The third-order valence-electron chi connectivity index (χ3n) is 3.78. The van der Waals surface area contributed by atoms with Gasteiger partial charge in [0.15, 0.2) is 0 Å². The van der Waals surface area contributed by atoms with Crippen molar-refractivity contribution in [1.82, 2.24) is 0 Å². The summed E-state index contributed by atoms with van der Waals surface area (Å²) in [4.78, 5) is 0. The van der Waals surface area contributed by atoms with E-state index in [2.05, 4.69) is 6.92 Å². The quantitative estimate of drug-likeness (QED) is 0.519. The molecule has 0 saturated heterocycles.